The zero-order valence-electron chi connectivity index (χ0n) is 15.0. The molecule has 1 aromatic heterocycles. The summed E-state index contributed by atoms with van der Waals surface area (Å²) in [6, 6.07) is 8.32. The predicted octanol–water partition coefficient (Wildman–Crippen LogP) is 2.43. The first-order valence-electron chi connectivity index (χ1n) is 8.32. The van der Waals surface area contributed by atoms with E-state index in [1.807, 2.05) is 14.1 Å². The van der Waals surface area contributed by atoms with Crippen LogP contribution in [0.2, 0.25) is 0 Å². The maximum atomic E-state index is 4.43. The number of anilines is 4. The van der Waals surface area contributed by atoms with Gasteiger partial charge in [0.25, 0.3) is 0 Å². The molecule has 24 heavy (non-hydrogen) atoms. The first kappa shape index (κ1) is 17.9. The van der Waals surface area contributed by atoms with E-state index in [0.29, 0.717) is 11.8 Å². The van der Waals surface area contributed by atoms with Crippen LogP contribution in [0.4, 0.5) is 23.1 Å². The van der Waals surface area contributed by atoms with E-state index in [1.165, 1.54) is 5.69 Å². The molecule has 0 saturated carbocycles. The normalized spacial score (nSPS) is 10.7. The average Bonchev–Trinajstić information content (AvgIpc) is 2.57. The number of hydrogen-bond donors (Lipinski definition) is 2. The van der Waals surface area contributed by atoms with Crippen LogP contribution in [-0.2, 0) is 0 Å². The highest BCUT2D eigenvalue weighted by Gasteiger charge is 2.04. The van der Waals surface area contributed by atoms with Crippen molar-refractivity contribution in [2.75, 3.05) is 55.8 Å². The minimum absolute atomic E-state index is 0.529. The van der Waals surface area contributed by atoms with Crippen LogP contribution < -0.4 is 15.5 Å². The summed E-state index contributed by atoms with van der Waals surface area (Å²) in [5.41, 5.74) is 2.20. The molecule has 0 aliphatic heterocycles. The van der Waals surface area contributed by atoms with Crippen LogP contribution in [0.1, 0.15) is 13.8 Å². The average molecular weight is 329 g/mol. The molecule has 0 radical (unpaired) electrons. The summed E-state index contributed by atoms with van der Waals surface area (Å²) in [6.45, 7) is 8.01. The lowest BCUT2D eigenvalue weighted by Crippen LogP contribution is -2.21. The Labute approximate surface area is 144 Å². The Morgan fingerprint density at radius 3 is 2.38 bits per heavy atom. The third kappa shape index (κ3) is 5.34. The van der Waals surface area contributed by atoms with E-state index in [2.05, 4.69) is 73.7 Å². The van der Waals surface area contributed by atoms with Crippen molar-refractivity contribution < 1.29 is 0 Å². The van der Waals surface area contributed by atoms with E-state index < -0.39 is 0 Å². The van der Waals surface area contributed by atoms with Crippen molar-refractivity contribution in [1.82, 2.24) is 20.1 Å². The second kappa shape index (κ2) is 9.02. The fraction of sp³-hybridized carbons (Fsp3) is 0.471. The van der Waals surface area contributed by atoms with E-state index in [9.17, 15) is 0 Å². The first-order chi connectivity index (χ1) is 11.6. The molecule has 0 fully saturated rings. The SMILES string of the molecule is CCN(CC)c1ccc(Nc2cnnc(NCCN(C)C)n2)cc1. The second-order valence-electron chi connectivity index (χ2n) is 5.74. The molecular weight excluding hydrogens is 302 g/mol. The van der Waals surface area contributed by atoms with Gasteiger partial charge in [-0.05, 0) is 52.2 Å². The quantitative estimate of drug-likeness (QED) is 0.732. The van der Waals surface area contributed by atoms with Gasteiger partial charge in [-0.3, -0.25) is 0 Å². The highest BCUT2D eigenvalue weighted by molar-refractivity contribution is 5.60. The van der Waals surface area contributed by atoms with Gasteiger partial charge < -0.3 is 20.4 Å². The van der Waals surface area contributed by atoms with Crippen LogP contribution in [0.15, 0.2) is 30.5 Å². The number of rotatable bonds is 9. The molecule has 0 amide bonds. The maximum absolute atomic E-state index is 4.43. The number of hydrogen-bond acceptors (Lipinski definition) is 7. The summed E-state index contributed by atoms with van der Waals surface area (Å²) >= 11 is 0. The Morgan fingerprint density at radius 2 is 1.75 bits per heavy atom. The van der Waals surface area contributed by atoms with Crippen molar-refractivity contribution in [2.45, 2.75) is 13.8 Å². The minimum atomic E-state index is 0.529. The maximum Gasteiger partial charge on any atom is 0.244 e. The van der Waals surface area contributed by atoms with E-state index in [0.717, 1.165) is 31.9 Å². The lowest BCUT2D eigenvalue weighted by molar-refractivity contribution is 0.425. The summed E-state index contributed by atoms with van der Waals surface area (Å²) in [4.78, 5) is 8.84. The fourth-order valence-corrected chi connectivity index (χ4v) is 2.32. The Balaban J connectivity index is 1.98. The smallest absolute Gasteiger partial charge is 0.244 e. The molecule has 1 heterocycles. The van der Waals surface area contributed by atoms with Gasteiger partial charge in [0.15, 0.2) is 5.82 Å². The molecule has 0 atom stereocenters. The fourth-order valence-electron chi connectivity index (χ4n) is 2.32. The highest BCUT2D eigenvalue weighted by atomic mass is 15.3. The number of likely N-dealkylation sites (N-methyl/N-ethyl adjacent to an activating group) is 1. The van der Waals surface area contributed by atoms with E-state index in [4.69, 9.17) is 0 Å². The number of nitrogens with zero attached hydrogens (tertiary/aromatic N) is 5. The van der Waals surface area contributed by atoms with E-state index >= 15 is 0 Å². The van der Waals surface area contributed by atoms with Crippen molar-refractivity contribution in [3.05, 3.63) is 30.5 Å². The molecule has 0 bridgehead atoms. The third-order valence-corrected chi connectivity index (χ3v) is 3.67. The van der Waals surface area contributed by atoms with E-state index in [1.54, 1.807) is 6.20 Å². The molecule has 0 spiro atoms. The van der Waals surface area contributed by atoms with Gasteiger partial charge in [-0.1, -0.05) is 0 Å². The van der Waals surface area contributed by atoms with Crippen LogP contribution >= 0.6 is 0 Å². The second-order valence-corrected chi connectivity index (χ2v) is 5.74. The summed E-state index contributed by atoms with van der Waals surface area (Å²) < 4.78 is 0. The third-order valence-electron chi connectivity index (χ3n) is 3.67. The van der Waals surface area contributed by atoms with Crippen molar-refractivity contribution in [2.24, 2.45) is 0 Å². The Kier molecular flexibility index (Phi) is 6.74. The van der Waals surface area contributed by atoms with Crippen molar-refractivity contribution >= 4 is 23.1 Å². The van der Waals surface area contributed by atoms with Gasteiger partial charge in [-0.2, -0.15) is 10.1 Å². The van der Waals surface area contributed by atoms with Gasteiger partial charge in [-0.15, -0.1) is 5.10 Å². The number of nitrogens with one attached hydrogen (secondary N) is 2. The standard InChI is InChI=1S/C17H27N7/c1-5-24(6-2)15-9-7-14(8-10-15)20-16-13-19-22-17(21-16)18-11-12-23(3)4/h7-10,13H,5-6,11-12H2,1-4H3,(H2,18,20,21,22). The van der Waals surface area contributed by atoms with Gasteiger partial charge in [0.2, 0.25) is 5.95 Å². The molecule has 0 unspecified atom stereocenters. The zero-order valence-corrected chi connectivity index (χ0v) is 15.0. The largest absolute Gasteiger partial charge is 0.372 e. The topological polar surface area (TPSA) is 69.2 Å². The van der Waals surface area contributed by atoms with Gasteiger partial charge in [-0.25, -0.2) is 0 Å². The summed E-state index contributed by atoms with van der Waals surface area (Å²) in [5.74, 6) is 1.20. The molecule has 2 N–H and O–H groups in total. The molecule has 0 aliphatic carbocycles. The van der Waals surface area contributed by atoms with E-state index in [-0.39, 0.29) is 0 Å². The van der Waals surface area contributed by atoms with Gasteiger partial charge in [0.05, 0.1) is 6.20 Å². The lowest BCUT2D eigenvalue weighted by atomic mass is 10.2. The van der Waals surface area contributed by atoms with Crippen LogP contribution in [0, 0.1) is 0 Å². The molecule has 1 aromatic carbocycles. The molecule has 7 nitrogen and oxygen atoms in total. The Hall–Kier alpha value is -2.41. The predicted molar refractivity (Wildman–Crippen MR) is 100 cm³/mol. The van der Waals surface area contributed by atoms with Crippen molar-refractivity contribution in [3.8, 4) is 0 Å². The lowest BCUT2D eigenvalue weighted by Gasteiger charge is -2.21. The molecular formula is C17H27N7. The van der Waals surface area contributed by atoms with Crippen LogP contribution in [-0.4, -0.2) is 60.4 Å². The molecule has 0 saturated heterocycles. The zero-order chi connectivity index (χ0) is 17.4. The van der Waals surface area contributed by atoms with Crippen LogP contribution in [0.25, 0.3) is 0 Å². The first-order valence-corrected chi connectivity index (χ1v) is 8.32. The molecule has 2 rings (SSSR count). The van der Waals surface area contributed by atoms with Crippen molar-refractivity contribution in [1.29, 1.82) is 0 Å². The minimum Gasteiger partial charge on any atom is -0.372 e. The van der Waals surface area contributed by atoms with Gasteiger partial charge >= 0.3 is 0 Å². The molecule has 7 heteroatoms. The highest BCUT2D eigenvalue weighted by Crippen LogP contribution is 2.20. The molecule has 0 aliphatic rings. The van der Waals surface area contributed by atoms with Crippen molar-refractivity contribution in [3.63, 3.8) is 0 Å². The summed E-state index contributed by atoms with van der Waals surface area (Å²) in [5, 5.41) is 14.4. The van der Waals surface area contributed by atoms with Crippen LogP contribution in [0.3, 0.4) is 0 Å². The van der Waals surface area contributed by atoms with Gasteiger partial charge in [0, 0.05) is 37.6 Å². The number of aromatic nitrogens is 3. The summed E-state index contributed by atoms with van der Waals surface area (Å²) in [6.07, 6.45) is 1.62. The number of benzene rings is 1. The molecule has 130 valence electrons. The molecule has 2 aromatic rings. The van der Waals surface area contributed by atoms with Gasteiger partial charge in [0.1, 0.15) is 0 Å². The Bertz CT molecular complexity index is 609. The van der Waals surface area contributed by atoms with Crippen LogP contribution in [0.5, 0.6) is 0 Å². The Morgan fingerprint density at radius 1 is 1.04 bits per heavy atom. The monoisotopic (exact) mass is 329 g/mol. The summed E-state index contributed by atoms with van der Waals surface area (Å²) in [7, 11) is 4.06.